The van der Waals surface area contributed by atoms with Gasteiger partial charge >= 0.3 is 11.9 Å². The van der Waals surface area contributed by atoms with Crippen molar-refractivity contribution in [1.82, 2.24) is 4.57 Å². The van der Waals surface area contributed by atoms with Crippen LogP contribution >= 0.6 is 11.3 Å². The fourth-order valence-electron chi connectivity index (χ4n) is 4.40. The van der Waals surface area contributed by atoms with Crippen molar-refractivity contribution in [2.45, 2.75) is 33.7 Å². The quantitative estimate of drug-likeness (QED) is 0.287. The molecular formula is C29H30N2O8S. The molecule has 0 saturated heterocycles. The molecule has 0 amide bonds. The maximum absolute atomic E-state index is 13.9. The number of aromatic nitrogens is 1. The van der Waals surface area contributed by atoms with Gasteiger partial charge in [0.15, 0.2) is 27.8 Å². The molecule has 210 valence electrons. The molecule has 1 aliphatic rings. The number of ether oxygens (including phenoxy) is 5. The Kier molecular flexibility index (Phi) is 8.73. The van der Waals surface area contributed by atoms with Gasteiger partial charge in [-0.25, -0.2) is 9.79 Å². The molecule has 0 aliphatic carbocycles. The predicted molar refractivity (Wildman–Crippen MR) is 149 cm³/mol. The fraction of sp³-hybridized carbons (Fsp3) is 0.310. The summed E-state index contributed by atoms with van der Waals surface area (Å²) >= 11 is 1.20. The maximum atomic E-state index is 13.9. The molecule has 1 aromatic heterocycles. The molecule has 0 saturated carbocycles. The van der Waals surface area contributed by atoms with Crippen LogP contribution in [0.3, 0.4) is 0 Å². The lowest BCUT2D eigenvalue weighted by Crippen LogP contribution is -2.39. The smallest absolute Gasteiger partial charge is 0.338 e. The number of rotatable bonds is 9. The number of nitrogens with zero attached hydrogens (tertiary/aromatic N) is 2. The van der Waals surface area contributed by atoms with Gasteiger partial charge in [0, 0.05) is 6.92 Å². The van der Waals surface area contributed by atoms with Crippen molar-refractivity contribution in [2.75, 3.05) is 27.4 Å². The molecule has 3 aromatic rings. The number of hydrogen-bond acceptors (Lipinski definition) is 10. The zero-order valence-electron chi connectivity index (χ0n) is 23.1. The summed E-state index contributed by atoms with van der Waals surface area (Å²) in [4.78, 5) is 43.5. The second-order valence-electron chi connectivity index (χ2n) is 8.65. The number of allylic oxidation sites excluding steroid dienone is 1. The van der Waals surface area contributed by atoms with Crippen LogP contribution < -0.4 is 33.8 Å². The minimum atomic E-state index is -0.803. The Balaban J connectivity index is 1.91. The highest BCUT2D eigenvalue weighted by molar-refractivity contribution is 7.07. The van der Waals surface area contributed by atoms with E-state index in [2.05, 4.69) is 4.99 Å². The number of thiazole rings is 1. The molecule has 40 heavy (non-hydrogen) atoms. The van der Waals surface area contributed by atoms with Crippen molar-refractivity contribution in [3.05, 3.63) is 78.5 Å². The lowest BCUT2D eigenvalue weighted by atomic mass is 9.95. The van der Waals surface area contributed by atoms with Crippen LogP contribution in [-0.2, 0) is 14.3 Å². The van der Waals surface area contributed by atoms with Crippen LogP contribution in [-0.4, -0.2) is 43.9 Å². The number of carbonyl (C=O) groups excluding carboxylic acids is 2. The van der Waals surface area contributed by atoms with E-state index in [1.807, 2.05) is 6.92 Å². The first-order valence-corrected chi connectivity index (χ1v) is 13.4. The Morgan fingerprint density at radius 2 is 1.73 bits per heavy atom. The fourth-order valence-corrected chi connectivity index (χ4v) is 5.45. The normalized spacial score (nSPS) is 14.8. The summed E-state index contributed by atoms with van der Waals surface area (Å²) in [5.74, 6) is 0.611. The molecule has 1 atom stereocenters. The van der Waals surface area contributed by atoms with Crippen molar-refractivity contribution < 1.29 is 33.3 Å². The Morgan fingerprint density at radius 3 is 2.38 bits per heavy atom. The van der Waals surface area contributed by atoms with E-state index < -0.39 is 18.0 Å². The van der Waals surface area contributed by atoms with Crippen molar-refractivity contribution in [3.63, 3.8) is 0 Å². The van der Waals surface area contributed by atoms with Gasteiger partial charge in [0.1, 0.15) is 0 Å². The zero-order chi connectivity index (χ0) is 29.0. The number of carbonyl (C=O) groups is 2. The first kappa shape index (κ1) is 28.6. The largest absolute Gasteiger partial charge is 0.493 e. The van der Waals surface area contributed by atoms with Crippen molar-refractivity contribution in [3.8, 4) is 23.0 Å². The van der Waals surface area contributed by atoms with Crippen LogP contribution in [0.25, 0.3) is 6.08 Å². The van der Waals surface area contributed by atoms with Gasteiger partial charge in [0.25, 0.3) is 5.56 Å². The molecular weight excluding hydrogens is 536 g/mol. The van der Waals surface area contributed by atoms with Crippen LogP contribution in [0, 0.1) is 0 Å². The molecule has 0 radical (unpaired) electrons. The molecule has 2 heterocycles. The molecule has 10 nitrogen and oxygen atoms in total. The number of fused-ring (bicyclic) bond motifs is 1. The number of esters is 2. The summed E-state index contributed by atoms with van der Waals surface area (Å²) < 4.78 is 29.0. The Hall–Kier alpha value is -4.38. The molecule has 0 spiro atoms. The second kappa shape index (κ2) is 12.2. The first-order valence-electron chi connectivity index (χ1n) is 12.6. The molecule has 0 fully saturated rings. The van der Waals surface area contributed by atoms with Crippen LogP contribution in [0.5, 0.6) is 23.0 Å². The minimum absolute atomic E-state index is 0.171. The Labute approximate surface area is 234 Å². The van der Waals surface area contributed by atoms with Gasteiger partial charge in [-0.1, -0.05) is 23.5 Å². The highest BCUT2D eigenvalue weighted by Gasteiger charge is 2.34. The van der Waals surface area contributed by atoms with E-state index in [4.69, 9.17) is 23.7 Å². The summed E-state index contributed by atoms with van der Waals surface area (Å²) in [6, 6.07) is 9.47. The number of benzene rings is 2. The SMILES string of the molecule is CCOC(=O)C1=C(C)N=c2s/c(=C\c3ccc(OC(C)=O)c(OCC)c3)c(=O)n2[C@@H]1c1ccc(OC)c(OC)c1. The summed E-state index contributed by atoms with van der Waals surface area (Å²) in [7, 11) is 3.05. The third kappa shape index (κ3) is 5.64. The second-order valence-corrected chi connectivity index (χ2v) is 9.66. The van der Waals surface area contributed by atoms with E-state index in [9.17, 15) is 14.4 Å². The van der Waals surface area contributed by atoms with E-state index in [0.717, 1.165) is 0 Å². The maximum Gasteiger partial charge on any atom is 0.338 e. The first-order chi connectivity index (χ1) is 19.2. The monoisotopic (exact) mass is 566 g/mol. The van der Waals surface area contributed by atoms with Gasteiger partial charge in [-0.2, -0.15) is 0 Å². The molecule has 1 aliphatic heterocycles. The summed E-state index contributed by atoms with van der Waals surface area (Å²) in [5.41, 5.74) is 1.67. The van der Waals surface area contributed by atoms with Crippen LogP contribution in [0.1, 0.15) is 44.9 Å². The van der Waals surface area contributed by atoms with E-state index >= 15 is 0 Å². The zero-order valence-corrected chi connectivity index (χ0v) is 23.9. The van der Waals surface area contributed by atoms with Gasteiger partial charge in [0.05, 0.1) is 49.3 Å². The summed E-state index contributed by atoms with van der Waals surface area (Å²) in [6.07, 6.45) is 1.71. The number of methoxy groups -OCH3 is 2. The lowest BCUT2D eigenvalue weighted by molar-refractivity contribution is -0.139. The third-order valence-corrected chi connectivity index (χ3v) is 7.04. The van der Waals surface area contributed by atoms with Crippen LogP contribution in [0.4, 0.5) is 0 Å². The van der Waals surface area contributed by atoms with Crippen LogP contribution in [0.15, 0.2) is 57.5 Å². The van der Waals surface area contributed by atoms with Crippen molar-refractivity contribution in [1.29, 1.82) is 0 Å². The van der Waals surface area contributed by atoms with E-state index in [0.29, 0.717) is 50.0 Å². The highest BCUT2D eigenvalue weighted by atomic mass is 32.1. The van der Waals surface area contributed by atoms with E-state index in [1.54, 1.807) is 56.3 Å². The Morgan fingerprint density at radius 1 is 1.00 bits per heavy atom. The highest BCUT2D eigenvalue weighted by Crippen LogP contribution is 2.36. The van der Waals surface area contributed by atoms with Gasteiger partial charge < -0.3 is 23.7 Å². The van der Waals surface area contributed by atoms with Gasteiger partial charge in [-0.05, 0) is 62.2 Å². The lowest BCUT2D eigenvalue weighted by Gasteiger charge is -2.25. The van der Waals surface area contributed by atoms with Crippen molar-refractivity contribution >= 4 is 29.4 Å². The van der Waals surface area contributed by atoms with Gasteiger partial charge in [0.2, 0.25) is 0 Å². The van der Waals surface area contributed by atoms with Gasteiger partial charge in [-0.3, -0.25) is 14.2 Å². The molecule has 0 unspecified atom stereocenters. The summed E-state index contributed by atoms with van der Waals surface area (Å²) in [6.45, 7) is 7.11. The van der Waals surface area contributed by atoms with Crippen molar-refractivity contribution in [2.24, 2.45) is 4.99 Å². The summed E-state index contributed by atoms with van der Waals surface area (Å²) in [5, 5.41) is 0. The molecule has 4 rings (SSSR count). The Bertz CT molecular complexity index is 1670. The third-order valence-electron chi connectivity index (χ3n) is 6.06. The average Bonchev–Trinajstić information content (AvgIpc) is 3.22. The molecule has 11 heteroatoms. The topological polar surface area (TPSA) is 115 Å². The van der Waals surface area contributed by atoms with E-state index in [-0.39, 0.29) is 23.5 Å². The predicted octanol–water partition coefficient (Wildman–Crippen LogP) is 3.14. The molecule has 0 bridgehead atoms. The van der Waals surface area contributed by atoms with Crippen LogP contribution in [0.2, 0.25) is 0 Å². The minimum Gasteiger partial charge on any atom is -0.493 e. The standard InChI is InChI=1S/C29H30N2O8S/c1-7-37-23-13-18(9-11-21(23)39-17(4)32)14-24-27(33)31-26(19-10-12-20(35-5)22(15-19)36-6)25(28(34)38-8-2)16(3)30-29(31)40-24/h9-15,26H,7-8H2,1-6H3/b24-14-/t26-/m1/s1. The molecule has 0 N–H and O–H groups in total. The molecule has 2 aromatic carbocycles. The number of hydrogen-bond donors (Lipinski definition) is 0. The van der Waals surface area contributed by atoms with Gasteiger partial charge in [-0.15, -0.1) is 0 Å². The average molecular weight is 567 g/mol. The van der Waals surface area contributed by atoms with E-state index in [1.165, 1.54) is 37.0 Å².